The first-order chi connectivity index (χ1) is 11.2. The van der Waals surface area contributed by atoms with Crippen LogP contribution in [0.3, 0.4) is 0 Å². The highest BCUT2D eigenvalue weighted by Crippen LogP contribution is 2.23. The number of unbranched alkanes of at least 4 members (excludes halogenated alkanes) is 2. The Kier molecular flexibility index (Phi) is 4.75. The number of aromatic nitrogens is 1. The summed E-state index contributed by atoms with van der Waals surface area (Å²) >= 11 is 0. The van der Waals surface area contributed by atoms with Crippen LogP contribution >= 0.6 is 0 Å². The fraction of sp³-hybridized carbons (Fsp3) is 0.400. The number of carbonyl (C=O) groups is 1. The number of ketones is 1. The van der Waals surface area contributed by atoms with Crippen LogP contribution in [-0.2, 0) is 4.79 Å². The summed E-state index contributed by atoms with van der Waals surface area (Å²) in [6.07, 6.45) is 10.8. The van der Waals surface area contributed by atoms with Crippen molar-refractivity contribution in [3.63, 3.8) is 0 Å². The number of hydrogen-bond donors (Lipinski definition) is 0. The maximum Gasteiger partial charge on any atom is 0.160 e. The maximum absolute atomic E-state index is 11.8. The van der Waals surface area contributed by atoms with E-state index in [1.165, 1.54) is 19.3 Å². The topological polar surface area (TPSA) is 39.2 Å². The SMILES string of the molecule is CCCCCC(C)Oc1cccc2ncc3c(c12)=CC(=O)CC=3. The van der Waals surface area contributed by atoms with Crippen LogP contribution in [0.2, 0.25) is 0 Å². The lowest BCUT2D eigenvalue weighted by Crippen LogP contribution is -2.31. The number of ether oxygens (including phenoxy) is 1. The second-order valence-corrected chi connectivity index (χ2v) is 6.22. The molecular weight excluding hydrogens is 286 g/mol. The van der Waals surface area contributed by atoms with Crippen LogP contribution in [0, 0.1) is 0 Å². The van der Waals surface area contributed by atoms with Gasteiger partial charge in [-0.05, 0) is 48.4 Å². The molecule has 0 fully saturated rings. The molecule has 3 heteroatoms. The molecule has 3 rings (SSSR count). The van der Waals surface area contributed by atoms with Gasteiger partial charge in [-0.3, -0.25) is 9.78 Å². The monoisotopic (exact) mass is 309 g/mol. The van der Waals surface area contributed by atoms with Gasteiger partial charge in [-0.1, -0.05) is 31.9 Å². The van der Waals surface area contributed by atoms with Crippen molar-refractivity contribution in [3.05, 3.63) is 34.8 Å². The van der Waals surface area contributed by atoms with Crippen molar-refractivity contribution >= 4 is 28.8 Å². The van der Waals surface area contributed by atoms with Crippen molar-refractivity contribution in [3.8, 4) is 5.75 Å². The Morgan fingerprint density at radius 2 is 2.17 bits per heavy atom. The third-order valence-corrected chi connectivity index (χ3v) is 4.30. The molecule has 0 amide bonds. The zero-order chi connectivity index (χ0) is 16.2. The summed E-state index contributed by atoms with van der Waals surface area (Å²) in [5.41, 5.74) is 0.876. The summed E-state index contributed by atoms with van der Waals surface area (Å²) in [6.45, 7) is 4.32. The summed E-state index contributed by atoms with van der Waals surface area (Å²) < 4.78 is 6.19. The fourth-order valence-electron chi connectivity index (χ4n) is 3.06. The molecule has 0 bridgehead atoms. The maximum atomic E-state index is 11.8. The zero-order valence-electron chi connectivity index (χ0n) is 13.8. The third-order valence-electron chi connectivity index (χ3n) is 4.30. The Morgan fingerprint density at radius 1 is 1.30 bits per heavy atom. The van der Waals surface area contributed by atoms with Gasteiger partial charge in [0.1, 0.15) is 5.75 Å². The number of pyridine rings is 1. The number of hydrogen-bond acceptors (Lipinski definition) is 3. The Labute approximate surface area is 136 Å². The van der Waals surface area contributed by atoms with Gasteiger partial charge in [0.15, 0.2) is 5.78 Å². The van der Waals surface area contributed by atoms with E-state index >= 15 is 0 Å². The lowest BCUT2D eigenvalue weighted by molar-refractivity contribution is -0.112. The number of benzene rings is 1. The number of fused-ring (bicyclic) bond motifs is 3. The largest absolute Gasteiger partial charge is 0.490 e. The van der Waals surface area contributed by atoms with E-state index in [4.69, 9.17) is 4.74 Å². The van der Waals surface area contributed by atoms with Gasteiger partial charge in [0.05, 0.1) is 17.0 Å². The average Bonchev–Trinajstić information content (AvgIpc) is 2.55. The summed E-state index contributed by atoms with van der Waals surface area (Å²) in [5, 5.41) is 2.92. The van der Waals surface area contributed by atoms with Gasteiger partial charge in [0, 0.05) is 12.6 Å². The van der Waals surface area contributed by atoms with Crippen molar-refractivity contribution in [2.75, 3.05) is 0 Å². The number of carbonyl (C=O) groups excluding carboxylic acids is 1. The van der Waals surface area contributed by atoms with E-state index in [0.29, 0.717) is 6.42 Å². The molecule has 0 saturated heterocycles. The van der Waals surface area contributed by atoms with Gasteiger partial charge in [0.25, 0.3) is 0 Å². The van der Waals surface area contributed by atoms with E-state index in [-0.39, 0.29) is 11.9 Å². The minimum atomic E-state index is 0.135. The van der Waals surface area contributed by atoms with Gasteiger partial charge in [-0.25, -0.2) is 0 Å². The van der Waals surface area contributed by atoms with E-state index in [9.17, 15) is 4.79 Å². The van der Waals surface area contributed by atoms with Crippen LogP contribution in [0.25, 0.3) is 23.1 Å². The molecule has 0 aliphatic heterocycles. The number of Topliss-reactive ketones (excluding diaryl/α,β-unsaturated/α-hetero) is 1. The molecule has 1 unspecified atom stereocenters. The van der Waals surface area contributed by atoms with Crippen molar-refractivity contribution in [2.45, 2.75) is 52.1 Å². The molecule has 1 atom stereocenters. The number of nitrogens with zero attached hydrogens (tertiary/aromatic N) is 1. The molecule has 1 heterocycles. The molecular formula is C20H23NO2. The summed E-state index contributed by atoms with van der Waals surface area (Å²) in [6, 6.07) is 5.91. The Hall–Kier alpha value is -2.16. The van der Waals surface area contributed by atoms with E-state index in [0.717, 1.165) is 33.5 Å². The summed E-state index contributed by atoms with van der Waals surface area (Å²) in [5.74, 6) is 0.964. The molecule has 0 radical (unpaired) electrons. The smallest absolute Gasteiger partial charge is 0.160 e. The van der Waals surface area contributed by atoms with Gasteiger partial charge in [0.2, 0.25) is 0 Å². The predicted molar refractivity (Wildman–Crippen MR) is 93.8 cm³/mol. The predicted octanol–water partition coefficient (Wildman–Crippen LogP) is 3.12. The van der Waals surface area contributed by atoms with Crippen LogP contribution in [0.5, 0.6) is 5.75 Å². The molecule has 1 aromatic carbocycles. The molecule has 1 aromatic heterocycles. The Morgan fingerprint density at radius 3 is 3.00 bits per heavy atom. The van der Waals surface area contributed by atoms with E-state index < -0.39 is 0 Å². The van der Waals surface area contributed by atoms with Crippen LogP contribution < -0.4 is 15.2 Å². The molecule has 23 heavy (non-hydrogen) atoms. The minimum Gasteiger partial charge on any atom is -0.490 e. The highest BCUT2D eigenvalue weighted by Gasteiger charge is 2.12. The lowest BCUT2D eigenvalue weighted by atomic mass is 10.0. The molecule has 1 aliphatic carbocycles. The Balaban J connectivity index is 2.01. The molecule has 120 valence electrons. The highest BCUT2D eigenvalue weighted by molar-refractivity contribution is 6.11. The van der Waals surface area contributed by atoms with Crippen molar-refractivity contribution in [2.24, 2.45) is 0 Å². The minimum absolute atomic E-state index is 0.135. The van der Waals surface area contributed by atoms with Gasteiger partial charge < -0.3 is 4.74 Å². The first-order valence-electron chi connectivity index (χ1n) is 8.48. The molecule has 0 N–H and O–H groups in total. The quantitative estimate of drug-likeness (QED) is 0.770. The van der Waals surface area contributed by atoms with Crippen molar-refractivity contribution < 1.29 is 9.53 Å². The van der Waals surface area contributed by atoms with E-state index in [1.54, 1.807) is 6.08 Å². The second-order valence-electron chi connectivity index (χ2n) is 6.22. The molecule has 0 saturated carbocycles. The van der Waals surface area contributed by atoms with Gasteiger partial charge >= 0.3 is 0 Å². The molecule has 1 aliphatic rings. The first-order valence-corrected chi connectivity index (χ1v) is 8.48. The van der Waals surface area contributed by atoms with Gasteiger partial charge in [-0.2, -0.15) is 0 Å². The van der Waals surface area contributed by atoms with Crippen LogP contribution in [-0.4, -0.2) is 16.9 Å². The fourth-order valence-corrected chi connectivity index (χ4v) is 3.06. The Bertz CT molecular complexity index is 839. The zero-order valence-corrected chi connectivity index (χ0v) is 13.8. The van der Waals surface area contributed by atoms with Gasteiger partial charge in [-0.15, -0.1) is 0 Å². The highest BCUT2D eigenvalue weighted by atomic mass is 16.5. The summed E-state index contributed by atoms with van der Waals surface area (Å²) in [7, 11) is 0. The van der Waals surface area contributed by atoms with Crippen molar-refractivity contribution in [1.29, 1.82) is 0 Å². The van der Waals surface area contributed by atoms with Crippen LogP contribution in [0.15, 0.2) is 24.4 Å². The van der Waals surface area contributed by atoms with E-state index in [1.807, 2.05) is 30.5 Å². The lowest BCUT2D eigenvalue weighted by Gasteiger charge is -2.17. The van der Waals surface area contributed by atoms with Crippen LogP contribution in [0.1, 0.15) is 46.0 Å². The first kappa shape index (κ1) is 15.7. The standard InChI is InChI=1S/C20H23NO2/c1-3-4-5-7-14(2)23-19-9-6-8-18-20(19)17-12-16(22)11-10-15(17)13-21-18/h6,8-10,12-14H,3-5,7,11H2,1-2H3. The number of rotatable bonds is 6. The normalized spacial score (nSPS) is 14.8. The van der Waals surface area contributed by atoms with E-state index in [2.05, 4.69) is 18.8 Å². The summed E-state index contributed by atoms with van der Waals surface area (Å²) in [4.78, 5) is 16.3. The van der Waals surface area contributed by atoms with Crippen molar-refractivity contribution in [1.82, 2.24) is 4.98 Å². The molecule has 3 nitrogen and oxygen atoms in total. The average molecular weight is 309 g/mol. The molecule has 2 aromatic rings. The third kappa shape index (κ3) is 3.44. The molecule has 0 spiro atoms. The van der Waals surface area contributed by atoms with Crippen LogP contribution in [0.4, 0.5) is 0 Å². The second kappa shape index (κ2) is 6.95.